The summed E-state index contributed by atoms with van der Waals surface area (Å²) in [5, 5.41) is 11.8. The normalized spacial score (nSPS) is 10.4. The van der Waals surface area contributed by atoms with Crippen LogP contribution >= 0.6 is 0 Å². The van der Waals surface area contributed by atoms with E-state index in [0.717, 1.165) is 11.1 Å². The molecule has 3 rings (SSSR count). The van der Waals surface area contributed by atoms with Crippen LogP contribution in [0.5, 0.6) is 5.75 Å². The minimum absolute atomic E-state index is 0.176. The maximum absolute atomic E-state index is 13.5. The van der Waals surface area contributed by atoms with E-state index in [1.165, 1.54) is 6.07 Å². The van der Waals surface area contributed by atoms with Gasteiger partial charge in [0.2, 0.25) is 0 Å². The van der Waals surface area contributed by atoms with E-state index in [9.17, 15) is 19.1 Å². The first kappa shape index (κ1) is 19.1. The van der Waals surface area contributed by atoms with E-state index in [1.54, 1.807) is 67.6 Å². The molecule has 0 heterocycles. The highest BCUT2D eigenvalue weighted by atomic mass is 19.1. The Morgan fingerprint density at radius 1 is 0.964 bits per heavy atom. The number of hydrogen-bond acceptors (Lipinski definition) is 4. The predicted octanol–water partition coefficient (Wildman–Crippen LogP) is 4.30. The average molecular weight is 379 g/mol. The van der Waals surface area contributed by atoms with Crippen molar-refractivity contribution in [1.82, 2.24) is 0 Å². The number of carbonyl (C=O) groups excluding carboxylic acids is 2. The molecule has 2 N–H and O–H groups in total. The van der Waals surface area contributed by atoms with Gasteiger partial charge in [0.05, 0.1) is 5.56 Å². The van der Waals surface area contributed by atoms with Crippen molar-refractivity contribution >= 4 is 17.6 Å². The molecule has 3 aromatic carbocycles. The largest absolute Gasteiger partial charge is 0.508 e. The molecule has 1 amide bonds. The number of benzene rings is 3. The Morgan fingerprint density at radius 3 is 2.18 bits per heavy atom. The summed E-state index contributed by atoms with van der Waals surface area (Å²) < 4.78 is 18.5. The lowest BCUT2D eigenvalue weighted by Crippen LogP contribution is -2.21. The molecule has 0 radical (unpaired) electrons. The molecule has 0 unspecified atom stereocenters. The van der Waals surface area contributed by atoms with Crippen molar-refractivity contribution in [3.63, 3.8) is 0 Å². The summed E-state index contributed by atoms with van der Waals surface area (Å²) in [6.45, 7) is 1.14. The molecule has 142 valence electrons. The Kier molecular flexibility index (Phi) is 5.69. The van der Waals surface area contributed by atoms with E-state index in [2.05, 4.69) is 5.32 Å². The number of phenols is 1. The second kappa shape index (κ2) is 8.35. The number of carbonyl (C=O) groups is 2. The minimum Gasteiger partial charge on any atom is -0.508 e. The highest BCUT2D eigenvalue weighted by molar-refractivity contribution is 5.95. The van der Waals surface area contributed by atoms with E-state index in [1.807, 2.05) is 0 Å². The molecule has 0 aliphatic carbocycles. The molecule has 0 aliphatic rings. The van der Waals surface area contributed by atoms with Gasteiger partial charge in [0.15, 0.2) is 6.61 Å². The summed E-state index contributed by atoms with van der Waals surface area (Å²) in [7, 11) is 0. The van der Waals surface area contributed by atoms with Gasteiger partial charge in [-0.2, -0.15) is 0 Å². The minimum atomic E-state index is -0.637. The number of aromatic hydroxyl groups is 1. The van der Waals surface area contributed by atoms with Crippen LogP contribution in [0.25, 0.3) is 11.1 Å². The molecule has 0 spiro atoms. The lowest BCUT2D eigenvalue weighted by Gasteiger charge is -2.08. The van der Waals surface area contributed by atoms with Gasteiger partial charge in [0.25, 0.3) is 5.91 Å². The predicted molar refractivity (Wildman–Crippen MR) is 104 cm³/mol. The van der Waals surface area contributed by atoms with Crippen molar-refractivity contribution in [3.8, 4) is 16.9 Å². The van der Waals surface area contributed by atoms with Crippen LogP contribution in [0, 0.1) is 12.7 Å². The Balaban J connectivity index is 1.56. The van der Waals surface area contributed by atoms with Crippen LogP contribution in [0.1, 0.15) is 15.9 Å². The highest BCUT2D eigenvalue weighted by Gasteiger charge is 2.11. The van der Waals surface area contributed by atoms with Crippen LogP contribution in [0.15, 0.2) is 66.7 Å². The first-order chi connectivity index (χ1) is 13.4. The lowest BCUT2D eigenvalue weighted by atomic mass is 10.0. The van der Waals surface area contributed by atoms with E-state index < -0.39 is 24.3 Å². The quantitative estimate of drug-likeness (QED) is 0.648. The lowest BCUT2D eigenvalue weighted by molar-refractivity contribution is -0.119. The maximum atomic E-state index is 13.5. The SMILES string of the molecule is Cc1ccc(NC(=O)COC(=O)c2ccc(-c3ccc(O)cc3)cc2)cc1F. The molecule has 0 saturated carbocycles. The van der Waals surface area contributed by atoms with Gasteiger partial charge in [0.1, 0.15) is 11.6 Å². The number of amides is 1. The smallest absolute Gasteiger partial charge is 0.338 e. The van der Waals surface area contributed by atoms with Gasteiger partial charge in [-0.05, 0) is 60.0 Å². The second-order valence-corrected chi connectivity index (χ2v) is 6.21. The van der Waals surface area contributed by atoms with Crippen LogP contribution in [0.2, 0.25) is 0 Å². The van der Waals surface area contributed by atoms with Crippen molar-refractivity contribution < 1.29 is 23.8 Å². The van der Waals surface area contributed by atoms with E-state index in [0.29, 0.717) is 16.8 Å². The number of ether oxygens (including phenoxy) is 1. The molecule has 0 fully saturated rings. The van der Waals surface area contributed by atoms with Gasteiger partial charge in [-0.15, -0.1) is 0 Å². The monoisotopic (exact) mass is 379 g/mol. The Bertz CT molecular complexity index is 998. The molecular weight excluding hydrogens is 361 g/mol. The molecule has 6 heteroatoms. The molecule has 0 saturated heterocycles. The fraction of sp³-hybridized carbons (Fsp3) is 0.0909. The van der Waals surface area contributed by atoms with Crippen LogP contribution in [-0.4, -0.2) is 23.6 Å². The third kappa shape index (κ3) is 4.73. The summed E-state index contributed by atoms with van der Waals surface area (Å²) in [4.78, 5) is 24.0. The topological polar surface area (TPSA) is 75.6 Å². The summed E-state index contributed by atoms with van der Waals surface area (Å²) in [6, 6.07) is 17.7. The number of rotatable bonds is 5. The number of halogens is 1. The highest BCUT2D eigenvalue weighted by Crippen LogP contribution is 2.22. The molecule has 5 nitrogen and oxygen atoms in total. The number of hydrogen-bond donors (Lipinski definition) is 2. The number of anilines is 1. The third-order valence-electron chi connectivity index (χ3n) is 4.11. The van der Waals surface area contributed by atoms with Crippen molar-refractivity contribution in [3.05, 3.63) is 83.7 Å². The zero-order chi connectivity index (χ0) is 20.1. The van der Waals surface area contributed by atoms with Gasteiger partial charge in [0, 0.05) is 5.69 Å². The van der Waals surface area contributed by atoms with Crippen LogP contribution in [0.3, 0.4) is 0 Å². The van der Waals surface area contributed by atoms with Gasteiger partial charge in [-0.25, -0.2) is 9.18 Å². The third-order valence-corrected chi connectivity index (χ3v) is 4.11. The molecule has 3 aromatic rings. The summed E-state index contributed by atoms with van der Waals surface area (Å²) in [5.41, 5.74) is 2.83. The Hall–Kier alpha value is -3.67. The summed E-state index contributed by atoms with van der Waals surface area (Å²) in [6.07, 6.45) is 0. The summed E-state index contributed by atoms with van der Waals surface area (Å²) in [5.74, 6) is -1.45. The van der Waals surface area contributed by atoms with Crippen LogP contribution in [0.4, 0.5) is 10.1 Å². The molecular formula is C22H18FNO4. The van der Waals surface area contributed by atoms with Gasteiger partial charge in [-0.3, -0.25) is 4.79 Å². The van der Waals surface area contributed by atoms with Crippen molar-refractivity contribution in [2.24, 2.45) is 0 Å². The van der Waals surface area contributed by atoms with E-state index >= 15 is 0 Å². The maximum Gasteiger partial charge on any atom is 0.338 e. The van der Waals surface area contributed by atoms with Crippen molar-refractivity contribution in [1.29, 1.82) is 0 Å². The molecule has 0 aromatic heterocycles. The first-order valence-electron chi connectivity index (χ1n) is 8.55. The van der Waals surface area contributed by atoms with E-state index in [-0.39, 0.29) is 5.75 Å². The summed E-state index contributed by atoms with van der Waals surface area (Å²) >= 11 is 0. The van der Waals surface area contributed by atoms with Crippen LogP contribution < -0.4 is 5.32 Å². The second-order valence-electron chi connectivity index (χ2n) is 6.21. The van der Waals surface area contributed by atoms with Crippen molar-refractivity contribution in [2.75, 3.05) is 11.9 Å². The van der Waals surface area contributed by atoms with Gasteiger partial charge in [-0.1, -0.05) is 30.3 Å². The Morgan fingerprint density at radius 2 is 1.57 bits per heavy atom. The van der Waals surface area contributed by atoms with Crippen LogP contribution in [-0.2, 0) is 9.53 Å². The van der Waals surface area contributed by atoms with Gasteiger partial charge < -0.3 is 15.2 Å². The number of phenolic OH excluding ortho intramolecular Hbond substituents is 1. The number of aryl methyl sites for hydroxylation is 1. The molecule has 28 heavy (non-hydrogen) atoms. The number of esters is 1. The Labute approximate surface area is 161 Å². The molecule has 0 atom stereocenters. The van der Waals surface area contributed by atoms with Gasteiger partial charge >= 0.3 is 5.97 Å². The fourth-order valence-corrected chi connectivity index (χ4v) is 2.53. The zero-order valence-corrected chi connectivity index (χ0v) is 15.1. The van der Waals surface area contributed by atoms with Crippen molar-refractivity contribution in [2.45, 2.75) is 6.92 Å². The first-order valence-corrected chi connectivity index (χ1v) is 8.55. The average Bonchev–Trinajstić information content (AvgIpc) is 2.70. The zero-order valence-electron chi connectivity index (χ0n) is 15.1. The standard InChI is InChI=1S/C22H18FNO4/c1-14-2-9-18(12-20(14)23)24-21(26)13-28-22(27)17-5-3-15(4-6-17)16-7-10-19(25)11-8-16/h2-12,25H,13H2,1H3,(H,24,26). The number of nitrogens with one attached hydrogen (secondary N) is 1. The molecule has 0 aliphatic heterocycles. The van der Waals surface area contributed by atoms with E-state index in [4.69, 9.17) is 4.74 Å². The fourth-order valence-electron chi connectivity index (χ4n) is 2.53. The molecule has 0 bridgehead atoms.